The van der Waals surface area contributed by atoms with E-state index in [-0.39, 0.29) is 5.91 Å². The van der Waals surface area contributed by atoms with Crippen LogP contribution in [0.4, 0.5) is 0 Å². The first-order valence-corrected chi connectivity index (χ1v) is 13.2. The molecule has 2 aromatic carbocycles. The van der Waals surface area contributed by atoms with Crippen molar-refractivity contribution in [3.8, 4) is 17.1 Å². The number of hydrogen-bond donors (Lipinski definition) is 1. The highest BCUT2D eigenvalue weighted by Gasteiger charge is 2.22. The molecule has 1 heterocycles. The quantitative estimate of drug-likeness (QED) is 0.293. The summed E-state index contributed by atoms with van der Waals surface area (Å²) in [5.74, 6) is 2.08. The Bertz CT molecular complexity index is 1060. The molecule has 0 radical (unpaired) electrons. The number of aromatic nitrogens is 2. The summed E-state index contributed by atoms with van der Waals surface area (Å²) < 4.78 is 13.6. The van der Waals surface area contributed by atoms with Crippen LogP contribution in [0.15, 0.2) is 48.5 Å². The van der Waals surface area contributed by atoms with Crippen molar-refractivity contribution in [3.05, 3.63) is 48.5 Å². The van der Waals surface area contributed by atoms with E-state index in [4.69, 9.17) is 14.5 Å². The van der Waals surface area contributed by atoms with E-state index < -0.39 is 0 Å². The molecule has 0 bridgehead atoms. The molecule has 0 aliphatic heterocycles. The van der Waals surface area contributed by atoms with Gasteiger partial charge in [0.1, 0.15) is 11.6 Å². The molecule has 4 rings (SSSR count). The van der Waals surface area contributed by atoms with Crippen molar-refractivity contribution in [2.24, 2.45) is 0 Å². The van der Waals surface area contributed by atoms with Gasteiger partial charge in [0.25, 0.3) is 0 Å². The number of rotatable bonds is 13. The summed E-state index contributed by atoms with van der Waals surface area (Å²) in [6, 6.07) is 17.3. The van der Waals surface area contributed by atoms with Crippen molar-refractivity contribution in [1.82, 2.24) is 14.9 Å². The van der Waals surface area contributed by atoms with Crippen LogP contribution in [0.3, 0.4) is 0 Å². The summed E-state index contributed by atoms with van der Waals surface area (Å²) >= 11 is 0. The molecular weight excluding hydrogens is 438 g/mol. The molecule has 0 atom stereocenters. The zero-order chi connectivity index (χ0) is 24.3. The van der Waals surface area contributed by atoms with Gasteiger partial charge in [-0.05, 0) is 50.7 Å². The summed E-state index contributed by atoms with van der Waals surface area (Å²) in [6.45, 7) is 2.02. The first-order valence-electron chi connectivity index (χ1n) is 13.2. The number of ether oxygens (including phenoxy) is 2. The van der Waals surface area contributed by atoms with E-state index in [1.165, 1.54) is 43.2 Å². The van der Waals surface area contributed by atoms with Crippen molar-refractivity contribution < 1.29 is 14.3 Å². The topological polar surface area (TPSA) is 65.4 Å². The maximum absolute atomic E-state index is 11.9. The zero-order valence-corrected chi connectivity index (χ0v) is 21.0. The molecule has 1 fully saturated rings. The highest BCUT2D eigenvalue weighted by molar-refractivity contribution is 5.82. The van der Waals surface area contributed by atoms with E-state index in [2.05, 4.69) is 52.3 Å². The number of amides is 1. The molecule has 0 spiro atoms. The van der Waals surface area contributed by atoms with E-state index in [9.17, 15) is 4.79 Å². The van der Waals surface area contributed by atoms with Crippen LogP contribution in [0.25, 0.3) is 22.4 Å². The zero-order valence-electron chi connectivity index (χ0n) is 21.0. The number of carbonyl (C=O) groups is 1. The van der Waals surface area contributed by atoms with Crippen molar-refractivity contribution >= 4 is 16.9 Å². The highest BCUT2D eigenvalue weighted by Crippen LogP contribution is 2.36. The molecule has 1 aliphatic carbocycles. The summed E-state index contributed by atoms with van der Waals surface area (Å²) in [5.41, 5.74) is 3.36. The van der Waals surface area contributed by atoms with Gasteiger partial charge in [0, 0.05) is 44.4 Å². The Kier molecular flexibility index (Phi) is 9.58. The predicted molar refractivity (Wildman–Crippen MR) is 141 cm³/mol. The largest absolute Gasteiger partial charge is 0.494 e. The molecule has 6 nitrogen and oxygen atoms in total. The Morgan fingerprint density at radius 1 is 1.00 bits per heavy atom. The third kappa shape index (κ3) is 7.07. The minimum atomic E-state index is 0.123. The van der Waals surface area contributed by atoms with Gasteiger partial charge in [-0.3, -0.25) is 4.79 Å². The van der Waals surface area contributed by atoms with Crippen molar-refractivity contribution in [3.63, 3.8) is 0 Å². The van der Waals surface area contributed by atoms with E-state index in [1.807, 2.05) is 6.07 Å². The number of fused-ring (bicyclic) bond motifs is 1. The Morgan fingerprint density at radius 2 is 1.83 bits per heavy atom. The molecule has 0 saturated heterocycles. The van der Waals surface area contributed by atoms with Gasteiger partial charge in [-0.2, -0.15) is 0 Å². The van der Waals surface area contributed by atoms with Crippen LogP contribution in [0.1, 0.15) is 70.3 Å². The summed E-state index contributed by atoms with van der Waals surface area (Å²) in [6.07, 6.45) is 10.5. The second-order valence-electron chi connectivity index (χ2n) is 9.47. The molecule has 188 valence electrons. The van der Waals surface area contributed by atoms with Gasteiger partial charge in [-0.15, -0.1) is 0 Å². The number of hydrogen-bond acceptors (Lipinski definition) is 4. The summed E-state index contributed by atoms with van der Waals surface area (Å²) in [5, 5.41) is 2.94. The Balaban J connectivity index is 1.34. The van der Waals surface area contributed by atoms with Gasteiger partial charge in [-0.25, -0.2) is 4.98 Å². The van der Waals surface area contributed by atoms with Gasteiger partial charge in [0.05, 0.1) is 17.6 Å². The van der Waals surface area contributed by atoms with Gasteiger partial charge in [-0.1, -0.05) is 49.6 Å². The number of nitrogens with one attached hydrogen (secondary N) is 1. The summed E-state index contributed by atoms with van der Waals surface area (Å²) in [4.78, 5) is 16.9. The first-order chi connectivity index (χ1) is 17.3. The number of unbranched alkanes of at least 4 members (excludes halogenated alkanes) is 2. The fourth-order valence-corrected chi connectivity index (χ4v) is 4.95. The lowest BCUT2D eigenvalue weighted by Gasteiger charge is -2.25. The second-order valence-corrected chi connectivity index (χ2v) is 9.47. The van der Waals surface area contributed by atoms with E-state index in [0.717, 1.165) is 42.8 Å². The molecule has 1 aliphatic rings. The van der Waals surface area contributed by atoms with Crippen LogP contribution < -0.4 is 10.1 Å². The molecular formula is C29H39N3O3. The molecule has 3 aromatic rings. The SMILES string of the molecule is COCCCNC(=O)CCCCCOc1ccc2nc(-c3ccccc3)n(C3CCCCC3)c2c1. The Morgan fingerprint density at radius 3 is 2.63 bits per heavy atom. The van der Waals surface area contributed by atoms with Crippen LogP contribution in [0.5, 0.6) is 5.75 Å². The number of benzene rings is 2. The van der Waals surface area contributed by atoms with E-state index in [1.54, 1.807) is 7.11 Å². The Hall–Kier alpha value is -2.86. The van der Waals surface area contributed by atoms with Gasteiger partial charge >= 0.3 is 0 Å². The fraction of sp³-hybridized carbons (Fsp3) is 0.517. The average molecular weight is 478 g/mol. The van der Waals surface area contributed by atoms with Crippen LogP contribution in [-0.4, -0.2) is 42.3 Å². The van der Waals surface area contributed by atoms with Crippen molar-refractivity contribution in [1.29, 1.82) is 0 Å². The summed E-state index contributed by atoms with van der Waals surface area (Å²) in [7, 11) is 1.68. The molecule has 1 aromatic heterocycles. The monoisotopic (exact) mass is 477 g/mol. The van der Waals surface area contributed by atoms with Crippen molar-refractivity contribution in [2.45, 2.75) is 70.3 Å². The van der Waals surface area contributed by atoms with Gasteiger partial charge in [0.15, 0.2) is 0 Å². The van der Waals surface area contributed by atoms with E-state index in [0.29, 0.717) is 32.2 Å². The maximum Gasteiger partial charge on any atom is 0.219 e. The van der Waals surface area contributed by atoms with Crippen molar-refractivity contribution in [2.75, 3.05) is 26.9 Å². The van der Waals surface area contributed by atoms with Crippen LogP contribution >= 0.6 is 0 Å². The second kappa shape index (κ2) is 13.3. The number of methoxy groups -OCH3 is 1. The minimum absolute atomic E-state index is 0.123. The normalized spacial score (nSPS) is 14.3. The number of carbonyl (C=O) groups excluding carboxylic acids is 1. The maximum atomic E-state index is 11.9. The van der Waals surface area contributed by atoms with Crippen LogP contribution in [0, 0.1) is 0 Å². The smallest absolute Gasteiger partial charge is 0.219 e. The predicted octanol–water partition coefficient (Wildman–Crippen LogP) is 6.30. The number of imidazole rings is 1. The fourth-order valence-electron chi connectivity index (χ4n) is 4.95. The lowest BCUT2D eigenvalue weighted by atomic mass is 9.95. The highest BCUT2D eigenvalue weighted by atomic mass is 16.5. The van der Waals surface area contributed by atoms with Crippen LogP contribution in [0.2, 0.25) is 0 Å². The standard InChI is InChI=1S/C29H39N3O3/c1-34-20-11-19-30-28(33)16-9-4-10-21-35-25-17-18-26-27(22-25)32(24-14-7-3-8-15-24)29(31-26)23-12-5-2-6-13-23/h2,5-6,12-13,17-18,22,24H,3-4,7-11,14-16,19-21H2,1H3,(H,30,33). The number of nitrogens with zero attached hydrogens (tertiary/aromatic N) is 2. The molecule has 1 saturated carbocycles. The molecule has 35 heavy (non-hydrogen) atoms. The molecule has 6 heteroatoms. The van der Waals surface area contributed by atoms with Gasteiger partial charge in [0.2, 0.25) is 5.91 Å². The third-order valence-electron chi connectivity index (χ3n) is 6.80. The molecule has 1 amide bonds. The minimum Gasteiger partial charge on any atom is -0.494 e. The molecule has 0 unspecified atom stereocenters. The molecule has 1 N–H and O–H groups in total. The lowest BCUT2D eigenvalue weighted by Crippen LogP contribution is -2.24. The first kappa shape index (κ1) is 25.2. The lowest BCUT2D eigenvalue weighted by molar-refractivity contribution is -0.121. The van der Waals surface area contributed by atoms with Crippen LogP contribution in [-0.2, 0) is 9.53 Å². The third-order valence-corrected chi connectivity index (χ3v) is 6.80. The van der Waals surface area contributed by atoms with E-state index >= 15 is 0 Å². The Labute approximate surface area is 209 Å². The van der Waals surface area contributed by atoms with Gasteiger partial charge < -0.3 is 19.4 Å². The average Bonchev–Trinajstić information content (AvgIpc) is 3.28.